The molecular formula is C17H18N4O3. The quantitative estimate of drug-likeness (QED) is 0.898. The SMILES string of the molecule is O=C(Nc1ccc2c(c1)OCO2)c1ccnc(NC2CCCC2)n1. The van der Waals surface area contributed by atoms with Gasteiger partial charge in [0.2, 0.25) is 12.7 Å². The Bertz CT molecular complexity index is 759. The van der Waals surface area contributed by atoms with Crippen molar-refractivity contribution < 1.29 is 14.3 Å². The maximum atomic E-state index is 12.4. The van der Waals surface area contributed by atoms with Crippen LogP contribution in [0.1, 0.15) is 36.2 Å². The Labute approximate surface area is 139 Å². The summed E-state index contributed by atoms with van der Waals surface area (Å²) in [6, 6.07) is 7.27. The van der Waals surface area contributed by atoms with Crippen molar-refractivity contribution >= 4 is 17.5 Å². The van der Waals surface area contributed by atoms with Gasteiger partial charge in [0.15, 0.2) is 11.5 Å². The summed E-state index contributed by atoms with van der Waals surface area (Å²) in [5.74, 6) is 1.52. The Morgan fingerprint density at radius 3 is 2.83 bits per heavy atom. The van der Waals surface area contributed by atoms with Crippen LogP contribution in [-0.4, -0.2) is 28.7 Å². The summed E-state index contributed by atoms with van der Waals surface area (Å²) in [5, 5.41) is 6.11. The Hall–Kier alpha value is -2.83. The molecule has 1 aromatic carbocycles. The second-order valence-electron chi connectivity index (χ2n) is 5.91. The maximum absolute atomic E-state index is 12.4. The number of carbonyl (C=O) groups excluding carboxylic acids is 1. The van der Waals surface area contributed by atoms with Gasteiger partial charge in [0, 0.05) is 24.0 Å². The lowest BCUT2D eigenvalue weighted by atomic mass is 10.2. The second kappa shape index (κ2) is 6.35. The van der Waals surface area contributed by atoms with E-state index in [4.69, 9.17) is 9.47 Å². The van der Waals surface area contributed by atoms with Crippen molar-refractivity contribution in [2.45, 2.75) is 31.7 Å². The highest BCUT2D eigenvalue weighted by molar-refractivity contribution is 6.03. The highest BCUT2D eigenvalue weighted by Gasteiger charge is 2.18. The minimum Gasteiger partial charge on any atom is -0.454 e. The van der Waals surface area contributed by atoms with Gasteiger partial charge in [0.25, 0.3) is 5.91 Å². The van der Waals surface area contributed by atoms with Crippen molar-refractivity contribution in [1.82, 2.24) is 9.97 Å². The van der Waals surface area contributed by atoms with Crippen LogP contribution < -0.4 is 20.1 Å². The van der Waals surface area contributed by atoms with Crippen molar-refractivity contribution in [3.63, 3.8) is 0 Å². The lowest BCUT2D eigenvalue weighted by Gasteiger charge is -2.12. The van der Waals surface area contributed by atoms with Gasteiger partial charge in [-0.1, -0.05) is 12.8 Å². The van der Waals surface area contributed by atoms with Gasteiger partial charge in [-0.3, -0.25) is 4.79 Å². The molecule has 0 bridgehead atoms. The first-order valence-corrected chi connectivity index (χ1v) is 8.08. The molecule has 1 aliphatic heterocycles. The van der Waals surface area contributed by atoms with E-state index in [0.29, 0.717) is 34.9 Å². The highest BCUT2D eigenvalue weighted by atomic mass is 16.7. The molecular weight excluding hydrogens is 308 g/mol. The number of hydrogen-bond acceptors (Lipinski definition) is 6. The molecule has 1 fully saturated rings. The third-order valence-electron chi connectivity index (χ3n) is 4.21. The topological polar surface area (TPSA) is 85.4 Å². The predicted molar refractivity (Wildman–Crippen MR) is 88.4 cm³/mol. The van der Waals surface area contributed by atoms with Crippen LogP contribution >= 0.6 is 0 Å². The van der Waals surface area contributed by atoms with E-state index < -0.39 is 0 Å². The number of aromatic nitrogens is 2. The molecule has 124 valence electrons. The first-order valence-electron chi connectivity index (χ1n) is 8.08. The number of hydrogen-bond donors (Lipinski definition) is 2. The van der Waals surface area contributed by atoms with E-state index in [1.165, 1.54) is 12.8 Å². The van der Waals surface area contributed by atoms with E-state index in [-0.39, 0.29) is 12.7 Å². The predicted octanol–water partition coefficient (Wildman–Crippen LogP) is 2.81. The molecule has 1 aliphatic carbocycles. The Morgan fingerprint density at radius 1 is 1.12 bits per heavy atom. The Morgan fingerprint density at radius 2 is 1.96 bits per heavy atom. The molecule has 2 aromatic rings. The van der Waals surface area contributed by atoms with Gasteiger partial charge in [-0.15, -0.1) is 0 Å². The average molecular weight is 326 g/mol. The second-order valence-corrected chi connectivity index (χ2v) is 5.91. The van der Waals surface area contributed by atoms with Crippen molar-refractivity contribution in [3.05, 3.63) is 36.2 Å². The standard InChI is InChI=1S/C17H18N4O3/c22-16(19-12-5-6-14-15(9-12)24-10-23-14)13-7-8-18-17(21-13)20-11-3-1-2-4-11/h5-9,11H,1-4,10H2,(H,19,22)(H,18,20,21). The number of nitrogens with zero attached hydrogens (tertiary/aromatic N) is 2. The van der Waals surface area contributed by atoms with Crippen LogP contribution in [-0.2, 0) is 0 Å². The minimum absolute atomic E-state index is 0.203. The first kappa shape index (κ1) is 14.7. The van der Waals surface area contributed by atoms with E-state index in [1.54, 1.807) is 30.5 Å². The van der Waals surface area contributed by atoms with Gasteiger partial charge in [-0.25, -0.2) is 9.97 Å². The van der Waals surface area contributed by atoms with Gasteiger partial charge in [-0.05, 0) is 31.0 Å². The van der Waals surface area contributed by atoms with E-state index in [0.717, 1.165) is 12.8 Å². The average Bonchev–Trinajstić information content (AvgIpc) is 3.26. The van der Waals surface area contributed by atoms with Crippen molar-refractivity contribution in [2.24, 2.45) is 0 Å². The molecule has 4 rings (SSSR count). The molecule has 1 amide bonds. The summed E-state index contributed by atoms with van der Waals surface area (Å²) >= 11 is 0. The molecule has 24 heavy (non-hydrogen) atoms. The van der Waals surface area contributed by atoms with Crippen LogP contribution in [0.5, 0.6) is 11.5 Å². The number of carbonyl (C=O) groups is 1. The summed E-state index contributed by atoms with van der Waals surface area (Å²) in [7, 11) is 0. The van der Waals surface area contributed by atoms with E-state index in [2.05, 4.69) is 20.6 Å². The molecule has 2 heterocycles. The number of amides is 1. The lowest BCUT2D eigenvalue weighted by Crippen LogP contribution is -2.19. The minimum atomic E-state index is -0.286. The van der Waals surface area contributed by atoms with E-state index >= 15 is 0 Å². The zero-order valence-corrected chi connectivity index (χ0v) is 13.1. The van der Waals surface area contributed by atoms with Crippen LogP contribution in [0.25, 0.3) is 0 Å². The third kappa shape index (κ3) is 3.10. The normalized spacial score (nSPS) is 16.2. The lowest BCUT2D eigenvalue weighted by molar-refractivity contribution is 0.102. The molecule has 0 saturated heterocycles. The van der Waals surface area contributed by atoms with E-state index in [1.807, 2.05) is 0 Å². The number of rotatable bonds is 4. The molecule has 2 aliphatic rings. The molecule has 7 nitrogen and oxygen atoms in total. The molecule has 1 saturated carbocycles. The van der Waals surface area contributed by atoms with Gasteiger partial charge < -0.3 is 20.1 Å². The largest absolute Gasteiger partial charge is 0.454 e. The molecule has 0 atom stereocenters. The fourth-order valence-corrected chi connectivity index (χ4v) is 2.98. The number of anilines is 2. The van der Waals surface area contributed by atoms with Gasteiger partial charge in [-0.2, -0.15) is 0 Å². The number of nitrogens with one attached hydrogen (secondary N) is 2. The number of fused-ring (bicyclic) bond motifs is 1. The number of benzene rings is 1. The fourth-order valence-electron chi connectivity index (χ4n) is 2.98. The first-order chi connectivity index (χ1) is 11.8. The smallest absolute Gasteiger partial charge is 0.274 e. The molecule has 0 unspecified atom stereocenters. The van der Waals surface area contributed by atoms with E-state index in [9.17, 15) is 4.79 Å². The summed E-state index contributed by atoms with van der Waals surface area (Å²) in [5.41, 5.74) is 0.955. The Balaban J connectivity index is 1.45. The zero-order chi connectivity index (χ0) is 16.4. The van der Waals surface area contributed by atoms with Crippen molar-refractivity contribution in [3.8, 4) is 11.5 Å². The van der Waals surface area contributed by atoms with Crippen LogP contribution in [0.4, 0.5) is 11.6 Å². The molecule has 1 aromatic heterocycles. The summed E-state index contributed by atoms with van der Waals surface area (Å²) < 4.78 is 10.6. The third-order valence-corrected chi connectivity index (χ3v) is 4.21. The maximum Gasteiger partial charge on any atom is 0.274 e. The van der Waals surface area contributed by atoms with Crippen LogP contribution in [0.2, 0.25) is 0 Å². The monoisotopic (exact) mass is 326 g/mol. The summed E-state index contributed by atoms with van der Waals surface area (Å²) in [4.78, 5) is 20.9. The summed E-state index contributed by atoms with van der Waals surface area (Å²) in [6.45, 7) is 0.203. The van der Waals surface area contributed by atoms with Crippen LogP contribution in [0.15, 0.2) is 30.5 Å². The Kier molecular flexibility index (Phi) is 3.90. The fraction of sp³-hybridized carbons (Fsp3) is 0.353. The van der Waals surface area contributed by atoms with Crippen LogP contribution in [0, 0.1) is 0 Å². The molecule has 7 heteroatoms. The molecule has 0 radical (unpaired) electrons. The van der Waals surface area contributed by atoms with Crippen molar-refractivity contribution in [2.75, 3.05) is 17.4 Å². The van der Waals surface area contributed by atoms with Crippen LogP contribution in [0.3, 0.4) is 0 Å². The van der Waals surface area contributed by atoms with Crippen molar-refractivity contribution in [1.29, 1.82) is 0 Å². The van der Waals surface area contributed by atoms with Gasteiger partial charge >= 0.3 is 0 Å². The molecule has 0 spiro atoms. The van der Waals surface area contributed by atoms with Gasteiger partial charge in [0.05, 0.1) is 0 Å². The zero-order valence-electron chi connectivity index (χ0n) is 13.1. The summed E-state index contributed by atoms with van der Waals surface area (Å²) in [6.07, 6.45) is 6.29. The number of ether oxygens (including phenoxy) is 2. The highest BCUT2D eigenvalue weighted by Crippen LogP contribution is 2.34. The molecule has 2 N–H and O–H groups in total. The van der Waals surface area contributed by atoms with Gasteiger partial charge in [0.1, 0.15) is 5.69 Å².